The fraction of sp³-hybridized carbons (Fsp3) is 0. The van der Waals surface area contributed by atoms with E-state index in [-0.39, 0.29) is 0 Å². The van der Waals surface area contributed by atoms with Crippen molar-refractivity contribution in [3.63, 3.8) is 0 Å². The normalized spacial score (nSPS) is 6.00. The third-order valence-corrected chi connectivity index (χ3v) is 0.362. The van der Waals surface area contributed by atoms with E-state index in [0.717, 1.165) is 0 Å². The van der Waals surface area contributed by atoms with Crippen molar-refractivity contribution in [3.8, 4) is 0 Å². The van der Waals surface area contributed by atoms with E-state index in [2.05, 4.69) is 24.5 Å². The first-order chi connectivity index (χ1) is 2.77. The molecular formula is C4H5NS. The van der Waals surface area contributed by atoms with Crippen LogP contribution in [-0.4, -0.2) is 4.99 Å². The number of nitrogens with two attached hydrogens (primary N) is 1. The van der Waals surface area contributed by atoms with E-state index >= 15 is 0 Å². The van der Waals surface area contributed by atoms with Crippen molar-refractivity contribution in [2.45, 2.75) is 0 Å². The Labute approximate surface area is 42.2 Å². The summed E-state index contributed by atoms with van der Waals surface area (Å²) in [5.74, 6) is 0. The average Bonchev–Trinajstić information content (AvgIpc) is 1.35. The van der Waals surface area contributed by atoms with E-state index in [0.29, 0.717) is 4.99 Å². The molecule has 0 saturated heterocycles. The number of hydrogen-bond donors (Lipinski definition) is 1. The minimum atomic E-state index is 0.324. The maximum Gasteiger partial charge on any atom is 0.104 e. The molecule has 32 valence electrons. The van der Waals surface area contributed by atoms with E-state index in [1.54, 1.807) is 0 Å². The first kappa shape index (κ1) is 5.41. The first-order valence-corrected chi connectivity index (χ1v) is 1.83. The van der Waals surface area contributed by atoms with Gasteiger partial charge in [0, 0.05) is 6.08 Å². The molecular weight excluding hydrogens is 94.1 g/mol. The standard InChI is InChI=1S/C4H5NS/c1-2-3-4(5)6/h3H,1H2,(H2,5,6). The molecule has 0 fully saturated rings. The molecule has 1 nitrogen and oxygen atoms in total. The molecule has 0 aromatic carbocycles. The third kappa shape index (κ3) is 3.41. The summed E-state index contributed by atoms with van der Waals surface area (Å²) in [6, 6.07) is 0. The Morgan fingerprint density at radius 2 is 2.50 bits per heavy atom. The van der Waals surface area contributed by atoms with Crippen molar-refractivity contribution in [3.05, 3.63) is 18.4 Å². The molecule has 0 unspecified atom stereocenters. The zero-order valence-electron chi connectivity index (χ0n) is 3.27. The van der Waals surface area contributed by atoms with Crippen LogP contribution in [0, 0.1) is 0 Å². The minimum absolute atomic E-state index is 0.324. The van der Waals surface area contributed by atoms with E-state index in [1.165, 1.54) is 6.08 Å². The number of thiocarbonyl (C=S) groups is 1. The summed E-state index contributed by atoms with van der Waals surface area (Å²) in [7, 11) is 0. The van der Waals surface area contributed by atoms with Gasteiger partial charge in [0.1, 0.15) is 4.99 Å². The van der Waals surface area contributed by atoms with Gasteiger partial charge in [-0.1, -0.05) is 18.8 Å². The predicted octanol–water partition coefficient (Wildman–Crippen LogP) is 0.614. The number of hydrogen-bond acceptors (Lipinski definition) is 1. The van der Waals surface area contributed by atoms with Crippen molar-refractivity contribution >= 4 is 17.2 Å². The van der Waals surface area contributed by atoms with Crippen LogP contribution in [0.3, 0.4) is 0 Å². The lowest BCUT2D eigenvalue weighted by atomic mass is 10.6. The van der Waals surface area contributed by atoms with Gasteiger partial charge in [-0.2, -0.15) is 0 Å². The minimum Gasteiger partial charge on any atom is -0.389 e. The van der Waals surface area contributed by atoms with Crippen LogP contribution in [0.15, 0.2) is 18.4 Å². The van der Waals surface area contributed by atoms with Crippen molar-refractivity contribution in [1.82, 2.24) is 0 Å². The predicted molar refractivity (Wildman–Crippen MR) is 30.5 cm³/mol. The Morgan fingerprint density at radius 3 is 2.50 bits per heavy atom. The lowest BCUT2D eigenvalue weighted by Crippen LogP contribution is -2.01. The van der Waals surface area contributed by atoms with Crippen molar-refractivity contribution < 1.29 is 0 Å². The van der Waals surface area contributed by atoms with Gasteiger partial charge < -0.3 is 5.73 Å². The van der Waals surface area contributed by atoms with Crippen LogP contribution in [0.5, 0.6) is 0 Å². The molecule has 0 bridgehead atoms. The quantitative estimate of drug-likeness (QED) is 0.296. The highest BCUT2D eigenvalue weighted by molar-refractivity contribution is 7.80. The maximum atomic E-state index is 4.98. The maximum absolute atomic E-state index is 4.98. The van der Waals surface area contributed by atoms with Gasteiger partial charge in [-0.25, -0.2) is 0 Å². The van der Waals surface area contributed by atoms with Gasteiger partial charge in [0.05, 0.1) is 0 Å². The van der Waals surface area contributed by atoms with E-state index < -0.39 is 0 Å². The Morgan fingerprint density at radius 1 is 2.00 bits per heavy atom. The van der Waals surface area contributed by atoms with Crippen molar-refractivity contribution in [2.75, 3.05) is 0 Å². The molecule has 0 aliphatic rings. The van der Waals surface area contributed by atoms with Gasteiger partial charge in [-0.15, -0.1) is 5.73 Å². The fourth-order valence-electron chi connectivity index (χ4n) is 0.101. The summed E-state index contributed by atoms with van der Waals surface area (Å²) < 4.78 is 0. The molecule has 0 atom stereocenters. The van der Waals surface area contributed by atoms with Crippen molar-refractivity contribution in [1.29, 1.82) is 0 Å². The second-order valence-corrected chi connectivity index (χ2v) is 1.22. The molecule has 0 amide bonds. The van der Waals surface area contributed by atoms with Gasteiger partial charge in [0.25, 0.3) is 0 Å². The summed E-state index contributed by atoms with van der Waals surface area (Å²) >= 11 is 4.41. The van der Waals surface area contributed by atoms with Gasteiger partial charge >= 0.3 is 0 Å². The topological polar surface area (TPSA) is 26.0 Å². The third-order valence-electron chi connectivity index (χ3n) is 0.244. The van der Waals surface area contributed by atoms with Crippen LogP contribution in [0.2, 0.25) is 0 Å². The van der Waals surface area contributed by atoms with Crippen LogP contribution in [0.25, 0.3) is 0 Å². The molecule has 0 spiro atoms. The number of rotatable bonds is 1. The van der Waals surface area contributed by atoms with Crippen molar-refractivity contribution in [2.24, 2.45) is 5.73 Å². The second-order valence-electron chi connectivity index (χ2n) is 0.751. The van der Waals surface area contributed by atoms with Gasteiger partial charge in [0.15, 0.2) is 0 Å². The highest BCUT2D eigenvalue weighted by Gasteiger charge is 1.65. The lowest BCUT2D eigenvalue weighted by molar-refractivity contribution is 1.83. The van der Waals surface area contributed by atoms with Gasteiger partial charge in [0.2, 0.25) is 0 Å². The largest absolute Gasteiger partial charge is 0.389 e. The Hall–Kier alpha value is -0.590. The van der Waals surface area contributed by atoms with E-state index in [9.17, 15) is 0 Å². The van der Waals surface area contributed by atoms with Crippen LogP contribution >= 0.6 is 12.2 Å². The highest BCUT2D eigenvalue weighted by Crippen LogP contribution is 1.61. The summed E-state index contributed by atoms with van der Waals surface area (Å²) in [6.07, 6.45) is 1.44. The molecule has 0 aromatic rings. The van der Waals surface area contributed by atoms with Gasteiger partial charge in [-0.3, -0.25) is 0 Å². The van der Waals surface area contributed by atoms with Crippen LogP contribution in [0.1, 0.15) is 0 Å². The van der Waals surface area contributed by atoms with Gasteiger partial charge in [-0.05, 0) is 0 Å². The zero-order chi connectivity index (χ0) is 4.99. The molecule has 2 heteroatoms. The smallest absolute Gasteiger partial charge is 0.104 e. The first-order valence-electron chi connectivity index (χ1n) is 1.42. The summed E-state index contributed by atoms with van der Waals surface area (Å²) in [5.41, 5.74) is 7.40. The lowest BCUT2D eigenvalue weighted by Gasteiger charge is -1.71. The molecule has 0 aliphatic heterocycles. The van der Waals surface area contributed by atoms with Crippen LogP contribution in [0.4, 0.5) is 0 Å². The van der Waals surface area contributed by atoms with E-state index in [1.807, 2.05) is 0 Å². The zero-order valence-corrected chi connectivity index (χ0v) is 4.09. The molecule has 0 saturated carbocycles. The molecule has 0 aromatic heterocycles. The molecule has 0 aliphatic carbocycles. The molecule has 0 heterocycles. The Bertz CT molecular complexity index is 100. The molecule has 6 heavy (non-hydrogen) atoms. The van der Waals surface area contributed by atoms with Crippen LogP contribution in [-0.2, 0) is 0 Å². The Kier molecular flexibility index (Phi) is 2.38. The summed E-state index contributed by atoms with van der Waals surface area (Å²) in [4.78, 5) is 0.324. The highest BCUT2D eigenvalue weighted by atomic mass is 32.1. The Balaban J connectivity index is 3.60. The molecule has 0 rings (SSSR count). The summed E-state index contributed by atoms with van der Waals surface area (Å²) in [6.45, 7) is 3.25. The van der Waals surface area contributed by atoms with E-state index in [4.69, 9.17) is 5.73 Å². The molecule has 0 radical (unpaired) electrons. The monoisotopic (exact) mass is 99.0 g/mol. The van der Waals surface area contributed by atoms with Crippen LogP contribution < -0.4 is 5.73 Å². The molecule has 2 N–H and O–H groups in total. The average molecular weight is 99.2 g/mol. The fourth-order valence-corrected chi connectivity index (χ4v) is 0.184. The second kappa shape index (κ2) is 2.64. The SMILES string of the molecule is C=C=CC(N)=S. The summed E-state index contributed by atoms with van der Waals surface area (Å²) in [5, 5.41) is 0.